The van der Waals surface area contributed by atoms with Crippen LogP contribution in [-0.4, -0.2) is 11.0 Å². The highest BCUT2D eigenvalue weighted by atomic mass is 19.1. The van der Waals surface area contributed by atoms with Crippen molar-refractivity contribution in [2.45, 2.75) is 39.3 Å². The van der Waals surface area contributed by atoms with Crippen molar-refractivity contribution >= 4 is 0 Å². The Morgan fingerprint density at radius 1 is 1.15 bits per heavy atom. The Hall–Kier alpha value is -1.74. The van der Waals surface area contributed by atoms with Gasteiger partial charge in [0.2, 0.25) is 5.95 Å². The lowest BCUT2D eigenvalue weighted by molar-refractivity contribution is 0.500. The fourth-order valence-corrected chi connectivity index (χ4v) is 2.12. The molecule has 1 heterocycles. The molecule has 1 aromatic carbocycles. The highest BCUT2D eigenvalue weighted by molar-refractivity contribution is 5.18. The molecule has 1 unspecified atom stereocenters. The van der Waals surface area contributed by atoms with E-state index in [0.717, 1.165) is 24.1 Å². The zero-order valence-corrected chi connectivity index (χ0v) is 12.1. The Labute approximate surface area is 120 Å². The zero-order chi connectivity index (χ0) is 14.4. The molecular formula is C17H21FN2. The van der Waals surface area contributed by atoms with Crippen LogP contribution in [0.4, 0.5) is 4.39 Å². The van der Waals surface area contributed by atoms with Crippen molar-refractivity contribution in [3.63, 3.8) is 0 Å². The summed E-state index contributed by atoms with van der Waals surface area (Å²) in [5.74, 6) is -0.413. The zero-order valence-electron chi connectivity index (χ0n) is 12.1. The summed E-state index contributed by atoms with van der Waals surface area (Å²) in [6.07, 6.45) is 2.10. The van der Waals surface area contributed by atoms with Crippen LogP contribution in [0.5, 0.6) is 0 Å². The molecular weight excluding hydrogens is 251 g/mol. The number of hydrogen-bond donors (Lipinski definition) is 1. The van der Waals surface area contributed by atoms with E-state index >= 15 is 0 Å². The van der Waals surface area contributed by atoms with Gasteiger partial charge in [-0.1, -0.05) is 36.4 Å². The fourth-order valence-electron chi connectivity index (χ4n) is 2.12. The molecule has 2 rings (SSSR count). The van der Waals surface area contributed by atoms with Crippen LogP contribution < -0.4 is 5.32 Å². The first-order valence-corrected chi connectivity index (χ1v) is 7.04. The van der Waals surface area contributed by atoms with Gasteiger partial charge in [0.15, 0.2) is 0 Å². The molecule has 1 N–H and O–H groups in total. The van der Waals surface area contributed by atoms with Crippen LogP contribution in [0.1, 0.15) is 30.2 Å². The second kappa shape index (κ2) is 7.15. The lowest BCUT2D eigenvalue weighted by Gasteiger charge is -2.14. The highest BCUT2D eigenvalue weighted by Crippen LogP contribution is 2.08. The number of aryl methyl sites for hydroxylation is 2. The Morgan fingerprint density at radius 2 is 1.90 bits per heavy atom. The number of halogens is 1. The van der Waals surface area contributed by atoms with Gasteiger partial charge in [-0.05, 0) is 43.9 Å². The van der Waals surface area contributed by atoms with Crippen molar-refractivity contribution in [1.82, 2.24) is 10.3 Å². The van der Waals surface area contributed by atoms with Gasteiger partial charge in [0.25, 0.3) is 0 Å². The van der Waals surface area contributed by atoms with Crippen molar-refractivity contribution in [2.75, 3.05) is 0 Å². The van der Waals surface area contributed by atoms with Crippen molar-refractivity contribution in [2.24, 2.45) is 0 Å². The standard InChI is InChI=1S/C17H21FN2/c1-13-8-11-17(18)20-16(13)12-19-14(2)9-10-15-6-4-3-5-7-15/h3-8,11,14,19H,9-10,12H2,1-2H3. The Kier molecular flexibility index (Phi) is 5.24. The number of benzene rings is 1. The lowest BCUT2D eigenvalue weighted by atomic mass is 10.1. The molecule has 1 aromatic heterocycles. The molecule has 0 bridgehead atoms. The molecule has 0 aliphatic heterocycles. The Morgan fingerprint density at radius 3 is 2.65 bits per heavy atom. The third-order valence-electron chi connectivity index (χ3n) is 3.49. The van der Waals surface area contributed by atoms with Crippen molar-refractivity contribution in [3.8, 4) is 0 Å². The summed E-state index contributed by atoms with van der Waals surface area (Å²) in [5.41, 5.74) is 3.16. The van der Waals surface area contributed by atoms with Gasteiger partial charge in [-0.25, -0.2) is 4.98 Å². The van der Waals surface area contributed by atoms with E-state index in [4.69, 9.17) is 0 Å². The van der Waals surface area contributed by atoms with E-state index in [1.165, 1.54) is 11.6 Å². The summed E-state index contributed by atoms with van der Waals surface area (Å²) < 4.78 is 13.1. The summed E-state index contributed by atoms with van der Waals surface area (Å²) in [5, 5.41) is 3.41. The molecule has 0 aliphatic rings. The quantitative estimate of drug-likeness (QED) is 0.812. The van der Waals surface area contributed by atoms with E-state index in [0.29, 0.717) is 12.6 Å². The van der Waals surface area contributed by atoms with E-state index < -0.39 is 5.95 Å². The minimum atomic E-state index is -0.413. The second-order valence-corrected chi connectivity index (χ2v) is 5.20. The van der Waals surface area contributed by atoms with Gasteiger partial charge in [0, 0.05) is 12.6 Å². The minimum Gasteiger partial charge on any atom is -0.309 e. The Balaban J connectivity index is 1.80. The predicted octanol–water partition coefficient (Wildman–Crippen LogP) is 3.64. The van der Waals surface area contributed by atoms with Gasteiger partial charge >= 0.3 is 0 Å². The smallest absolute Gasteiger partial charge is 0.213 e. The molecule has 0 radical (unpaired) electrons. The summed E-state index contributed by atoms with van der Waals surface area (Å²) in [6.45, 7) is 4.72. The molecule has 3 heteroatoms. The molecule has 2 nitrogen and oxygen atoms in total. The first-order chi connectivity index (χ1) is 9.65. The van der Waals surface area contributed by atoms with Gasteiger partial charge < -0.3 is 5.32 Å². The summed E-state index contributed by atoms with van der Waals surface area (Å²) in [6, 6.07) is 14.0. The van der Waals surface area contributed by atoms with E-state index in [1.807, 2.05) is 13.0 Å². The molecule has 0 saturated carbocycles. The number of pyridine rings is 1. The van der Waals surface area contributed by atoms with Gasteiger partial charge in [-0.15, -0.1) is 0 Å². The van der Waals surface area contributed by atoms with Crippen molar-refractivity contribution < 1.29 is 4.39 Å². The molecule has 2 aromatic rings. The average molecular weight is 272 g/mol. The highest BCUT2D eigenvalue weighted by Gasteiger charge is 2.06. The van der Waals surface area contributed by atoms with Crippen molar-refractivity contribution in [3.05, 3.63) is 65.2 Å². The topological polar surface area (TPSA) is 24.9 Å². The van der Waals surface area contributed by atoms with E-state index in [1.54, 1.807) is 6.07 Å². The SMILES string of the molecule is Cc1ccc(F)nc1CNC(C)CCc1ccccc1. The monoisotopic (exact) mass is 272 g/mol. The molecule has 1 atom stereocenters. The van der Waals surface area contributed by atoms with Gasteiger partial charge in [0.05, 0.1) is 5.69 Å². The largest absolute Gasteiger partial charge is 0.309 e. The predicted molar refractivity (Wildman–Crippen MR) is 80.0 cm³/mol. The van der Waals surface area contributed by atoms with Crippen LogP contribution in [0.25, 0.3) is 0 Å². The van der Waals surface area contributed by atoms with Gasteiger partial charge in [0.1, 0.15) is 0 Å². The number of hydrogen-bond acceptors (Lipinski definition) is 2. The van der Waals surface area contributed by atoms with Crippen LogP contribution in [0.3, 0.4) is 0 Å². The van der Waals surface area contributed by atoms with Crippen LogP contribution in [0.15, 0.2) is 42.5 Å². The van der Waals surface area contributed by atoms with Crippen LogP contribution in [-0.2, 0) is 13.0 Å². The first-order valence-electron chi connectivity index (χ1n) is 7.04. The normalized spacial score (nSPS) is 12.3. The maximum Gasteiger partial charge on any atom is 0.213 e. The maximum absolute atomic E-state index is 13.1. The Bertz CT molecular complexity index is 540. The molecule has 0 fully saturated rings. The molecule has 0 saturated heterocycles. The van der Waals surface area contributed by atoms with E-state index in [9.17, 15) is 4.39 Å². The average Bonchev–Trinajstić information content (AvgIpc) is 2.47. The van der Waals surface area contributed by atoms with E-state index in [-0.39, 0.29) is 0 Å². The van der Waals surface area contributed by atoms with Gasteiger partial charge in [-0.2, -0.15) is 4.39 Å². The van der Waals surface area contributed by atoms with Crippen LogP contribution in [0, 0.1) is 12.9 Å². The first kappa shape index (κ1) is 14.7. The third-order valence-corrected chi connectivity index (χ3v) is 3.49. The molecule has 0 spiro atoms. The van der Waals surface area contributed by atoms with Gasteiger partial charge in [-0.3, -0.25) is 0 Å². The maximum atomic E-state index is 13.1. The van der Waals surface area contributed by atoms with Crippen LogP contribution in [0.2, 0.25) is 0 Å². The number of nitrogens with zero attached hydrogens (tertiary/aromatic N) is 1. The fraction of sp³-hybridized carbons (Fsp3) is 0.353. The second-order valence-electron chi connectivity index (χ2n) is 5.20. The molecule has 0 amide bonds. The minimum absolute atomic E-state index is 0.375. The number of rotatable bonds is 6. The number of aromatic nitrogens is 1. The van der Waals surface area contributed by atoms with Crippen molar-refractivity contribution in [1.29, 1.82) is 0 Å². The van der Waals surface area contributed by atoms with E-state index in [2.05, 4.69) is 41.5 Å². The summed E-state index contributed by atoms with van der Waals surface area (Å²) >= 11 is 0. The van der Waals surface area contributed by atoms with Crippen LogP contribution >= 0.6 is 0 Å². The summed E-state index contributed by atoms with van der Waals surface area (Å²) in [4.78, 5) is 3.93. The third kappa shape index (κ3) is 4.42. The molecule has 20 heavy (non-hydrogen) atoms. The number of nitrogens with one attached hydrogen (secondary N) is 1. The molecule has 106 valence electrons. The summed E-state index contributed by atoms with van der Waals surface area (Å²) in [7, 11) is 0. The lowest BCUT2D eigenvalue weighted by Crippen LogP contribution is -2.27. The molecule has 0 aliphatic carbocycles.